The fraction of sp³-hybridized carbons (Fsp3) is 0.382. The topological polar surface area (TPSA) is 63.2 Å². The molecule has 1 saturated carbocycles. The van der Waals surface area contributed by atoms with Gasteiger partial charge in [0, 0.05) is 16.5 Å². The van der Waals surface area contributed by atoms with Crippen LogP contribution in [0.15, 0.2) is 65.7 Å². The molecule has 3 aromatic carbocycles. The first-order valence-corrected chi connectivity index (χ1v) is 13.8. The molecule has 0 amide bonds. The Hall–Kier alpha value is -3.71. The van der Waals surface area contributed by atoms with Gasteiger partial charge in [0.1, 0.15) is 11.7 Å². The van der Waals surface area contributed by atoms with Crippen molar-refractivity contribution in [3.8, 4) is 6.07 Å². The Morgan fingerprint density at radius 2 is 1.63 bits per heavy atom. The summed E-state index contributed by atoms with van der Waals surface area (Å²) in [7, 11) is 0. The standard InChI is InChI=1S/C34H38N4/c1-8-34-20-33(34,7)29-24(19-35)14-11-18-28(29)32(37-34)38(31(36)27-15-10-9-13-23(27)6)30-25(21(2)3)16-12-17-26(30)22(4)5/h9-18,21-22,36H,8,20H2,1-7H3/t33?,34-/m0/s1. The molecule has 1 aliphatic carbocycles. The van der Waals surface area contributed by atoms with Crippen LogP contribution in [0, 0.1) is 23.7 Å². The van der Waals surface area contributed by atoms with E-state index in [-0.39, 0.29) is 22.8 Å². The van der Waals surface area contributed by atoms with E-state index in [9.17, 15) is 10.7 Å². The highest BCUT2D eigenvalue weighted by molar-refractivity contribution is 6.30. The van der Waals surface area contributed by atoms with Crippen molar-refractivity contribution in [1.82, 2.24) is 0 Å². The molecule has 5 rings (SSSR count). The Balaban J connectivity index is 1.89. The molecule has 0 saturated heterocycles. The summed E-state index contributed by atoms with van der Waals surface area (Å²) in [6.07, 6.45) is 1.81. The maximum absolute atomic E-state index is 10.2. The summed E-state index contributed by atoms with van der Waals surface area (Å²) in [6.45, 7) is 15.4. The lowest BCUT2D eigenvalue weighted by Gasteiger charge is -2.37. The van der Waals surface area contributed by atoms with Crippen molar-refractivity contribution < 1.29 is 0 Å². The van der Waals surface area contributed by atoms with Crippen LogP contribution in [0.5, 0.6) is 0 Å². The Bertz CT molecular complexity index is 1480. The Morgan fingerprint density at radius 1 is 1.00 bits per heavy atom. The van der Waals surface area contributed by atoms with Crippen molar-refractivity contribution >= 4 is 17.4 Å². The molecule has 0 spiro atoms. The minimum Gasteiger partial charge on any atom is -0.283 e. The van der Waals surface area contributed by atoms with Gasteiger partial charge in [0.2, 0.25) is 0 Å². The number of rotatable bonds is 5. The second-order valence-electron chi connectivity index (χ2n) is 11.8. The summed E-state index contributed by atoms with van der Waals surface area (Å²) in [5.41, 5.74) is 7.74. The van der Waals surface area contributed by atoms with Gasteiger partial charge in [0.05, 0.1) is 22.9 Å². The minimum atomic E-state index is -0.267. The van der Waals surface area contributed by atoms with E-state index in [4.69, 9.17) is 4.99 Å². The number of nitriles is 1. The van der Waals surface area contributed by atoms with E-state index in [1.54, 1.807) is 0 Å². The molecule has 0 radical (unpaired) electrons. The van der Waals surface area contributed by atoms with Crippen molar-refractivity contribution in [2.45, 2.75) is 84.1 Å². The van der Waals surface area contributed by atoms with Gasteiger partial charge < -0.3 is 0 Å². The van der Waals surface area contributed by atoms with Crippen molar-refractivity contribution in [2.75, 3.05) is 4.90 Å². The molecule has 0 bridgehead atoms. The third-order valence-corrected chi connectivity index (χ3v) is 8.83. The number of nitrogens with zero attached hydrogens (tertiary/aromatic N) is 3. The number of benzene rings is 3. The van der Waals surface area contributed by atoms with Gasteiger partial charge in [-0.05, 0) is 59.9 Å². The highest BCUT2D eigenvalue weighted by Crippen LogP contribution is 2.65. The van der Waals surface area contributed by atoms with E-state index in [0.717, 1.165) is 52.2 Å². The highest BCUT2D eigenvalue weighted by Gasteiger charge is 2.68. The number of para-hydroxylation sites is 1. The summed E-state index contributed by atoms with van der Waals surface area (Å²) in [5.74, 6) is 1.73. The smallest absolute Gasteiger partial charge is 0.142 e. The summed E-state index contributed by atoms with van der Waals surface area (Å²) in [4.78, 5) is 7.65. The van der Waals surface area contributed by atoms with Crippen LogP contribution in [-0.2, 0) is 5.41 Å². The number of nitrogens with one attached hydrogen (secondary N) is 1. The largest absolute Gasteiger partial charge is 0.283 e. The maximum Gasteiger partial charge on any atom is 0.142 e. The second-order valence-corrected chi connectivity index (χ2v) is 11.8. The number of aliphatic imine (C=N–C) groups is 1. The van der Waals surface area contributed by atoms with Gasteiger partial charge in [-0.25, -0.2) is 0 Å². The number of aryl methyl sites for hydroxylation is 1. The molecule has 2 atom stereocenters. The molecule has 4 nitrogen and oxygen atoms in total. The van der Waals surface area contributed by atoms with Crippen LogP contribution in [0.3, 0.4) is 0 Å². The molecule has 1 heterocycles. The molecule has 3 aromatic rings. The van der Waals surface area contributed by atoms with E-state index >= 15 is 0 Å². The zero-order chi connectivity index (χ0) is 27.4. The van der Waals surface area contributed by atoms with Gasteiger partial charge in [-0.15, -0.1) is 0 Å². The van der Waals surface area contributed by atoms with E-state index in [2.05, 4.69) is 89.8 Å². The molecular weight excluding hydrogens is 464 g/mol. The lowest BCUT2D eigenvalue weighted by atomic mass is 9.81. The zero-order valence-corrected chi connectivity index (χ0v) is 23.7. The predicted octanol–water partition coefficient (Wildman–Crippen LogP) is 8.22. The molecule has 0 aromatic heterocycles. The van der Waals surface area contributed by atoms with Gasteiger partial charge in [-0.1, -0.05) is 96.1 Å². The van der Waals surface area contributed by atoms with E-state index in [1.165, 1.54) is 11.1 Å². The molecular formula is C34H38N4. The fourth-order valence-corrected chi connectivity index (χ4v) is 6.53. The number of fused-ring (bicyclic) bond motifs is 3. The molecule has 1 fully saturated rings. The molecule has 1 N–H and O–H groups in total. The molecule has 38 heavy (non-hydrogen) atoms. The highest BCUT2D eigenvalue weighted by atomic mass is 15.3. The third-order valence-electron chi connectivity index (χ3n) is 8.83. The minimum absolute atomic E-state index is 0.165. The van der Waals surface area contributed by atoms with Gasteiger partial charge in [-0.3, -0.25) is 15.3 Å². The van der Waals surface area contributed by atoms with Crippen molar-refractivity contribution in [2.24, 2.45) is 4.99 Å². The van der Waals surface area contributed by atoms with Crippen LogP contribution in [0.25, 0.3) is 0 Å². The fourth-order valence-electron chi connectivity index (χ4n) is 6.53. The van der Waals surface area contributed by atoms with E-state index < -0.39 is 0 Å². The van der Waals surface area contributed by atoms with Crippen LogP contribution in [-0.4, -0.2) is 17.2 Å². The SMILES string of the molecule is CC[C@]12CC1(C)c1c(C#N)cccc1C(N(C(=N)c1ccccc1C)c1c(C(C)C)cccc1C(C)C)=N2. The maximum atomic E-state index is 10.2. The summed E-state index contributed by atoms with van der Waals surface area (Å²) < 4.78 is 0. The van der Waals surface area contributed by atoms with E-state index in [1.807, 2.05) is 30.3 Å². The molecule has 1 aliphatic heterocycles. The Kier molecular flexibility index (Phi) is 6.30. The zero-order valence-electron chi connectivity index (χ0n) is 23.7. The summed E-state index contributed by atoms with van der Waals surface area (Å²) in [6, 6.07) is 23.1. The third kappa shape index (κ3) is 3.71. The molecule has 194 valence electrons. The Labute approximate surface area is 227 Å². The second kappa shape index (κ2) is 9.24. The molecule has 4 heteroatoms. The Morgan fingerprint density at radius 3 is 2.21 bits per heavy atom. The molecule has 1 unspecified atom stereocenters. The first-order valence-electron chi connectivity index (χ1n) is 13.8. The normalized spacial score (nSPS) is 21.4. The van der Waals surface area contributed by atoms with Crippen LogP contribution in [0.4, 0.5) is 5.69 Å². The summed E-state index contributed by atoms with van der Waals surface area (Å²) in [5, 5.41) is 19.9. The lowest BCUT2D eigenvalue weighted by molar-refractivity contribution is 0.540. The van der Waals surface area contributed by atoms with Crippen LogP contribution >= 0.6 is 0 Å². The molecule has 2 aliphatic rings. The van der Waals surface area contributed by atoms with Crippen molar-refractivity contribution in [1.29, 1.82) is 10.7 Å². The monoisotopic (exact) mass is 502 g/mol. The van der Waals surface area contributed by atoms with Gasteiger partial charge >= 0.3 is 0 Å². The van der Waals surface area contributed by atoms with Crippen molar-refractivity contribution in [3.05, 3.63) is 99.6 Å². The summed E-state index contributed by atoms with van der Waals surface area (Å²) >= 11 is 0. The number of hydrogen-bond acceptors (Lipinski definition) is 3. The van der Waals surface area contributed by atoms with Crippen LogP contribution in [0.1, 0.15) is 105 Å². The van der Waals surface area contributed by atoms with E-state index in [0.29, 0.717) is 5.84 Å². The first kappa shape index (κ1) is 25.9. The quantitative estimate of drug-likeness (QED) is 0.282. The van der Waals surface area contributed by atoms with Gasteiger partial charge in [0.25, 0.3) is 0 Å². The number of amidine groups is 2. The lowest BCUT2D eigenvalue weighted by Crippen LogP contribution is -2.44. The van der Waals surface area contributed by atoms with Crippen LogP contribution in [0.2, 0.25) is 0 Å². The van der Waals surface area contributed by atoms with Gasteiger partial charge in [-0.2, -0.15) is 5.26 Å². The average molecular weight is 503 g/mol. The number of hydrogen-bond donors (Lipinski definition) is 1. The predicted molar refractivity (Wildman–Crippen MR) is 158 cm³/mol. The average Bonchev–Trinajstić information content (AvgIpc) is 3.54. The van der Waals surface area contributed by atoms with Gasteiger partial charge in [0.15, 0.2) is 0 Å². The number of anilines is 1. The van der Waals surface area contributed by atoms with Crippen molar-refractivity contribution in [3.63, 3.8) is 0 Å². The first-order chi connectivity index (χ1) is 18.1. The van der Waals surface area contributed by atoms with Crippen LogP contribution < -0.4 is 4.90 Å².